The Morgan fingerprint density at radius 1 is 0.869 bits per heavy atom. The van der Waals surface area contributed by atoms with Crippen molar-refractivity contribution in [1.82, 2.24) is 20.3 Å². The van der Waals surface area contributed by atoms with Gasteiger partial charge in [-0.15, -0.1) is 0 Å². The van der Waals surface area contributed by atoms with Crippen molar-refractivity contribution in [3.63, 3.8) is 0 Å². The number of H-pyrrole nitrogens is 1. The van der Waals surface area contributed by atoms with E-state index in [-0.39, 0.29) is 88.6 Å². The maximum absolute atomic E-state index is 13.2. The summed E-state index contributed by atoms with van der Waals surface area (Å²) in [5.41, 5.74) is 5.80. The number of aromatic carboxylic acids is 1. The van der Waals surface area contributed by atoms with Crippen molar-refractivity contribution in [2.75, 3.05) is 83.7 Å². The molecule has 5 atom stereocenters. The van der Waals surface area contributed by atoms with Gasteiger partial charge in [0.1, 0.15) is 29.6 Å². The molecule has 34 heteroatoms. The molecule has 6 rings (SSSR count). The van der Waals surface area contributed by atoms with E-state index in [1.165, 1.54) is 33.7 Å². The molecule has 2 aliphatic heterocycles. The van der Waals surface area contributed by atoms with Crippen LogP contribution < -0.4 is 32.7 Å². The maximum Gasteiger partial charge on any atom is 0.490 e. The number of ether oxygens (including phenoxy) is 5. The van der Waals surface area contributed by atoms with Crippen molar-refractivity contribution in [1.29, 1.82) is 0 Å². The van der Waals surface area contributed by atoms with E-state index in [0.717, 1.165) is 39.0 Å². The number of nitrogens with zero attached hydrogens (tertiary/aromatic N) is 2. The van der Waals surface area contributed by atoms with Crippen LogP contribution >= 0.6 is 45.1 Å². The predicted octanol–water partition coefficient (Wildman–Crippen LogP) is 5.77. The summed E-state index contributed by atoms with van der Waals surface area (Å²) in [7, 11) is -14.4. The Hall–Kier alpha value is -5.11. The maximum atomic E-state index is 13.2. The van der Waals surface area contributed by atoms with Crippen LogP contribution in [-0.4, -0.2) is 147 Å². The Morgan fingerprint density at radius 3 is 2.24 bits per heavy atom. The van der Waals surface area contributed by atoms with Crippen LogP contribution in [-0.2, 0) is 60.2 Å². The van der Waals surface area contributed by atoms with Gasteiger partial charge in [-0.2, -0.15) is 8.62 Å². The molecular formula is C50H67N6O23P3S2. The number of carbonyl (C=O) groups excluding carboxylic acids is 2. The van der Waals surface area contributed by atoms with Crippen LogP contribution in [0.2, 0.25) is 0 Å². The lowest BCUT2D eigenvalue weighted by Gasteiger charge is -2.24. The first kappa shape index (κ1) is 68.0. The molecule has 0 saturated carbocycles. The van der Waals surface area contributed by atoms with Gasteiger partial charge in [0.05, 0.1) is 69.9 Å². The van der Waals surface area contributed by atoms with Crippen molar-refractivity contribution in [2.45, 2.75) is 77.6 Å². The van der Waals surface area contributed by atoms with E-state index in [2.05, 4.69) is 34.7 Å². The quantitative estimate of drug-likeness (QED) is 0.00589. The molecule has 3 heterocycles. The number of hydrogen-bond donors (Lipinski definition) is 9. The molecule has 2 aromatic carbocycles. The van der Waals surface area contributed by atoms with Crippen LogP contribution in [0, 0.1) is 13.8 Å². The van der Waals surface area contributed by atoms with Crippen molar-refractivity contribution >= 4 is 79.5 Å². The summed E-state index contributed by atoms with van der Waals surface area (Å²) in [6.07, 6.45) is -2.09. The Labute approximate surface area is 488 Å². The third-order valence-electron chi connectivity index (χ3n) is 12.1. The molecule has 9 N–H and O–H groups in total. The number of aromatic amines is 1. The summed E-state index contributed by atoms with van der Waals surface area (Å²) in [6.45, 7) is 13.3. The zero-order valence-electron chi connectivity index (χ0n) is 46.5. The number of carboxylic acid groups (broad SMARTS) is 1. The smallest absolute Gasteiger partial charge is 0.478 e. The van der Waals surface area contributed by atoms with Crippen LogP contribution in [0.15, 0.2) is 73.7 Å². The van der Waals surface area contributed by atoms with Gasteiger partial charge in [0.2, 0.25) is 5.91 Å². The lowest BCUT2D eigenvalue weighted by atomic mass is 9.88. The molecule has 1 aliphatic carbocycles. The van der Waals surface area contributed by atoms with E-state index < -0.39 is 76.4 Å². The third-order valence-corrected chi connectivity index (χ3v) is 18.8. The van der Waals surface area contributed by atoms with E-state index in [9.17, 15) is 52.6 Å². The Balaban J connectivity index is 0.854. The van der Waals surface area contributed by atoms with Crippen LogP contribution in [0.4, 0.5) is 5.69 Å². The second-order valence-corrected chi connectivity index (χ2v) is 26.4. The SMILES string of the molecule is CC/N=c1/cc2oc3cc(NCC)c(C)cc3c(-c3ccc(C(=O)NOCCOCCOCCOCCC(=O)NCC(C)(C)SSCOC4C[C@H](n5ccc(=O)[nH]c5=O)O[C@@H]4COP(=O)(O)OP(=O)(O)OP(=O)(O)O)cc3C(=O)O)c-2cc1C. The van der Waals surface area contributed by atoms with Crippen LogP contribution in [0.5, 0.6) is 0 Å². The number of aromatic nitrogens is 2. The summed E-state index contributed by atoms with van der Waals surface area (Å²) in [5, 5.41) is 18.2. The zero-order chi connectivity index (χ0) is 61.4. The molecule has 1 fully saturated rings. The van der Waals surface area contributed by atoms with Crippen molar-refractivity contribution in [2.24, 2.45) is 4.99 Å². The number of aryl methyl sites for hydroxylation is 2. The average Bonchev–Trinajstić information content (AvgIpc) is 4.00. The van der Waals surface area contributed by atoms with Crippen molar-refractivity contribution in [3.05, 3.63) is 103 Å². The van der Waals surface area contributed by atoms with E-state index in [0.29, 0.717) is 46.5 Å². The number of nitrogens with one attached hydrogen (secondary N) is 4. The average molecular weight is 1280 g/mol. The summed E-state index contributed by atoms with van der Waals surface area (Å²) < 4.78 is 82.6. The van der Waals surface area contributed by atoms with Gasteiger partial charge in [0, 0.05) is 89.4 Å². The first-order chi connectivity index (χ1) is 39.7. The minimum absolute atomic E-state index is 0.0129. The van der Waals surface area contributed by atoms with Gasteiger partial charge in [-0.05, 0) is 82.5 Å². The fourth-order valence-corrected chi connectivity index (χ4v) is 13.5. The van der Waals surface area contributed by atoms with Crippen LogP contribution in [0.25, 0.3) is 33.4 Å². The number of amides is 2. The lowest BCUT2D eigenvalue weighted by molar-refractivity contribution is -0.122. The number of hydrogen-bond acceptors (Lipinski definition) is 22. The number of benzene rings is 3. The molecule has 1 saturated heterocycles. The van der Waals surface area contributed by atoms with E-state index in [4.69, 9.17) is 47.2 Å². The van der Waals surface area contributed by atoms with Crippen molar-refractivity contribution < 1.29 is 98.8 Å². The third kappa shape index (κ3) is 20.5. The van der Waals surface area contributed by atoms with Gasteiger partial charge in [-0.25, -0.2) is 28.8 Å². The molecule has 3 aromatic rings. The number of fused-ring (bicyclic) bond motifs is 2. The van der Waals surface area contributed by atoms with Crippen LogP contribution in [0.1, 0.15) is 78.6 Å². The van der Waals surface area contributed by atoms with Gasteiger partial charge in [-0.1, -0.05) is 27.7 Å². The molecule has 0 spiro atoms. The number of carboxylic acids is 1. The minimum Gasteiger partial charge on any atom is -0.478 e. The summed E-state index contributed by atoms with van der Waals surface area (Å²) in [4.78, 5) is 112. The second-order valence-electron chi connectivity index (χ2n) is 19.0. The van der Waals surface area contributed by atoms with Gasteiger partial charge >= 0.3 is 35.1 Å². The highest BCUT2D eigenvalue weighted by Crippen LogP contribution is 2.66. The van der Waals surface area contributed by atoms with E-state index >= 15 is 0 Å². The minimum atomic E-state index is -5.79. The highest BCUT2D eigenvalue weighted by atomic mass is 33.1. The molecule has 3 aliphatic rings. The number of anilines is 1. The zero-order valence-corrected chi connectivity index (χ0v) is 50.8. The summed E-state index contributed by atoms with van der Waals surface area (Å²) in [6, 6.07) is 13.2. The fraction of sp³-hybridized carbons (Fsp3) is 0.480. The summed E-state index contributed by atoms with van der Waals surface area (Å²) in [5.74, 6) is -1.64. The Morgan fingerprint density at radius 2 is 1.57 bits per heavy atom. The largest absolute Gasteiger partial charge is 0.490 e. The summed E-state index contributed by atoms with van der Waals surface area (Å²) >= 11 is 0. The molecule has 0 bridgehead atoms. The number of phosphoric acid groups is 3. The molecule has 3 unspecified atom stereocenters. The van der Waals surface area contributed by atoms with Gasteiger partial charge in [-0.3, -0.25) is 38.3 Å². The number of phosphoric ester groups is 1. The second kappa shape index (κ2) is 31.0. The topological polar surface area (TPSA) is 403 Å². The number of carbonyl (C=O) groups is 3. The first-order valence-corrected chi connectivity index (χ1v) is 32.8. The Bertz CT molecular complexity index is 3430. The number of rotatable bonds is 34. The normalized spacial score (nSPS) is 17.3. The van der Waals surface area contributed by atoms with Gasteiger partial charge in [0.25, 0.3) is 11.5 Å². The monoisotopic (exact) mass is 1280 g/mol. The molecule has 29 nitrogen and oxygen atoms in total. The Kier molecular flexibility index (Phi) is 25.1. The van der Waals surface area contributed by atoms with E-state index in [1.807, 2.05) is 65.8 Å². The molecule has 462 valence electrons. The van der Waals surface area contributed by atoms with E-state index in [1.54, 1.807) is 6.07 Å². The van der Waals surface area contributed by atoms with Crippen molar-refractivity contribution in [3.8, 4) is 22.5 Å². The first-order valence-electron chi connectivity index (χ1n) is 25.9. The molecule has 84 heavy (non-hydrogen) atoms. The highest BCUT2D eigenvalue weighted by Gasteiger charge is 2.44. The highest BCUT2D eigenvalue weighted by molar-refractivity contribution is 8.77. The fourth-order valence-electron chi connectivity index (χ4n) is 8.31. The number of hydroxylamine groups is 1. The predicted molar refractivity (Wildman–Crippen MR) is 307 cm³/mol. The van der Waals surface area contributed by atoms with Gasteiger partial charge in [0.15, 0.2) is 0 Å². The standard InChI is InChI=1S/C50H67N6O23P3S2/c1-7-51-37-24-39-35(21-30(37)3)46(36-22-31(4)38(52-8-2)25-40(36)76-39)33-10-9-32(23-34(33)48(60)61)47(59)55-74-20-19-72-18-17-71-16-15-70-14-12-43(57)53-28-50(5,6)84-83-29-73-41-26-45(56-13-11-44(58)54-49(56)62)77-42(41)27-75-81(66,67)79-82(68,69)78-80(63,64)65/h9-11,13,21-25,41-42,45,51H,7-8,12,14-20,26-29H2,1-6H3,(H,53,57)(H,55,59)(H,60,61)(H,66,67)(H,68,69)(H,54,58,62)(H2,63,64,65)/b52-38-/t41?,42-,45-/m1/s1. The molecule has 1 aromatic heterocycles. The van der Waals surface area contributed by atoms with Gasteiger partial charge < -0.3 is 63.4 Å². The molecular weight excluding hydrogens is 1210 g/mol. The lowest BCUT2D eigenvalue weighted by Crippen LogP contribution is -2.36. The van der Waals surface area contributed by atoms with Crippen LogP contribution in [0.3, 0.4) is 0 Å². The molecule has 0 radical (unpaired) electrons. The molecule has 2 amide bonds.